The molecule has 1 fully saturated rings. The summed E-state index contributed by atoms with van der Waals surface area (Å²) in [5.41, 5.74) is 0.621. The van der Waals surface area contributed by atoms with Crippen LogP contribution in [0.4, 0.5) is 5.82 Å². The molecule has 5 nitrogen and oxygen atoms in total. The topological polar surface area (TPSA) is 57.3 Å². The molecule has 1 aromatic rings. The van der Waals surface area contributed by atoms with E-state index in [0.717, 1.165) is 31.7 Å². The minimum atomic E-state index is -0.0384. The molecule has 1 saturated heterocycles. The van der Waals surface area contributed by atoms with Gasteiger partial charge in [0.1, 0.15) is 5.82 Å². The number of piperidine rings is 1. The van der Waals surface area contributed by atoms with Gasteiger partial charge in [-0.05, 0) is 45.0 Å². The van der Waals surface area contributed by atoms with Crippen molar-refractivity contribution in [2.75, 3.05) is 32.0 Å². The van der Waals surface area contributed by atoms with E-state index in [1.807, 2.05) is 12.1 Å². The first-order valence-electron chi connectivity index (χ1n) is 7.89. The van der Waals surface area contributed by atoms with Gasteiger partial charge in [0, 0.05) is 25.3 Å². The van der Waals surface area contributed by atoms with Gasteiger partial charge in [-0.1, -0.05) is 13.3 Å². The third-order valence-corrected chi connectivity index (χ3v) is 4.00. The van der Waals surface area contributed by atoms with E-state index in [0.29, 0.717) is 18.2 Å². The largest absolute Gasteiger partial charge is 0.370 e. The maximum atomic E-state index is 12.1. The molecule has 1 amide bonds. The van der Waals surface area contributed by atoms with Crippen LogP contribution in [0.2, 0.25) is 0 Å². The summed E-state index contributed by atoms with van der Waals surface area (Å²) < 4.78 is 0. The Labute approximate surface area is 127 Å². The molecule has 116 valence electrons. The molecule has 1 aromatic heterocycles. The highest BCUT2D eigenvalue weighted by Crippen LogP contribution is 2.14. The van der Waals surface area contributed by atoms with E-state index >= 15 is 0 Å². The number of rotatable bonds is 6. The van der Waals surface area contributed by atoms with Crippen molar-refractivity contribution in [1.82, 2.24) is 15.2 Å². The summed E-state index contributed by atoms with van der Waals surface area (Å²) in [6.07, 6.45) is 6.37. The molecule has 0 bridgehead atoms. The fraction of sp³-hybridized carbons (Fsp3) is 0.625. The van der Waals surface area contributed by atoms with Gasteiger partial charge in [0.25, 0.3) is 5.91 Å². The Balaban J connectivity index is 1.82. The first kappa shape index (κ1) is 15.8. The summed E-state index contributed by atoms with van der Waals surface area (Å²) in [6, 6.07) is 4.14. The number of likely N-dealkylation sites (tertiary alicyclic amines) is 1. The molecule has 1 aliphatic rings. The Bertz CT molecular complexity index is 446. The fourth-order valence-electron chi connectivity index (χ4n) is 2.60. The molecule has 2 rings (SSSR count). The molecule has 2 N–H and O–H groups in total. The second-order valence-electron chi connectivity index (χ2n) is 5.70. The number of nitrogens with zero attached hydrogens (tertiary/aromatic N) is 2. The highest BCUT2D eigenvalue weighted by molar-refractivity contribution is 5.94. The van der Waals surface area contributed by atoms with Gasteiger partial charge < -0.3 is 15.5 Å². The zero-order chi connectivity index (χ0) is 15.1. The number of likely N-dealkylation sites (N-methyl/N-ethyl adjacent to an activating group) is 1. The smallest absolute Gasteiger partial charge is 0.252 e. The average molecular weight is 290 g/mol. The van der Waals surface area contributed by atoms with Crippen LogP contribution in [0.1, 0.15) is 43.0 Å². The minimum absolute atomic E-state index is 0.0384. The minimum Gasteiger partial charge on any atom is -0.370 e. The van der Waals surface area contributed by atoms with Gasteiger partial charge >= 0.3 is 0 Å². The van der Waals surface area contributed by atoms with Crippen LogP contribution in [-0.4, -0.2) is 48.5 Å². The zero-order valence-corrected chi connectivity index (χ0v) is 13.1. The lowest BCUT2D eigenvalue weighted by Crippen LogP contribution is -2.44. The standard InChI is InChI=1S/C16H26N4O/c1-3-9-17-15-8-7-13(11-18-15)16(21)19-12-14-6-4-5-10-20(14)2/h7-8,11,14H,3-6,9-10,12H2,1-2H3,(H,17,18)(H,19,21). The summed E-state index contributed by atoms with van der Waals surface area (Å²) in [5, 5.41) is 6.22. The van der Waals surface area contributed by atoms with Crippen LogP contribution < -0.4 is 10.6 Å². The van der Waals surface area contributed by atoms with Crippen molar-refractivity contribution >= 4 is 11.7 Å². The van der Waals surface area contributed by atoms with Crippen LogP contribution in [0.5, 0.6) is 0 Å². The predicted molar refractivity (Wildman–Crippen MR) is 85.6 cm³/mol. The number of aromatic nitrogens is 1. The summed E-state index contributed by atoms with van der Waals surface area (Å²) in [6.45, 7) is 4.84. The number of carbonyl (C=O) groups excluding carboxylic acids is 1. The molecular weight excluding hydrogens is 264 g/mol. The number of pyridine rings is 1. The monoisotopic (exact) mass is 290 g/mol. The van der Waals surface area contributed by atoms with Gasteiger partial charge in [0.2, 0.25) is 0 Å². The Morgan fingerprint density at radius 3 is 2.95 bits per heavy atom. The van der Waals surface area contributed by atoms with Gasteiger partial charge in [0.15, 0.2) is 0 Å². The number of amides is 1. The van der Waals surface area contributed by atoms with E-state index in [2.05, 4.69) is 34.5 Å². The van der Waals surface area contributed by atoms with E-state index in [9.17, 15) is 4.79 Å². The molecule has 0 saturated carbocycles. The van der Waals surface area contributed by atoms with E-state index in [4.69, 9.17) is 0 Å². The molecule has 5 heteroatoms. The van der Waals surface area contributed by atoms with Gasteiger partial charge in [-0.2, -0.15) is 0 Å². The molecule has 2 heterocycles. The number of carbonyl (C=O) groups is 1. The molecule has 1 atom stereocenters. The first-order chi connectivity index (χ1) is 10.2. The summed E-state index contributed by atoms with van der Waals surface area (Å²) in [7, 11) is 2.13. The van der Waals surface area contributed by atoms with Crippen molar-refractivity contribution in [2.45, 2.75) is 38.6 Å². The molecule has 0 spiro atoms. The van der Waals surface area contributed by atoms with Crippen LogP contribution in [0, 0.1) is 0 Å². The molecule has 21 heavy (non-hydrogen) atoms. The zero-order valence-electron chi connectivity index (χ0n) is 13.1. The Morgan fingerprint density at radius 1 is 1.43 bits per heavy atom. The lowest BCUT2D eigenvalue weighted by atomic mass is 10.0. The predicted octanol–water partition coefficient (Wildman–Crippen LogP) is 2.12. The maximum absolute atomic E-state index is 12.1. The van der Waals surface area contributed by atoms with Gasteiger partial charge in [-0.15, -0.1) is 0 Å². The third kappa shape index (κ3) is 4.70. The second kappa shape index (κ2) is 7.98. The first-order valence-corrected chi connectivity index (χ1v) is 7.89. The number of anilines is 1. The number of nitrogens with one attached hydrogen (secondary N) is 2. The second-order valence-corrected chi connectivity index (χ2v) is 5.70. The maximum Gasteiger partial charge on any atom is 0.252 e. The number of hydrogen-bond donors (Lipinski definition) is 2. The van der Waals surface area contributed by atoms with Gasteiger partial charge in [-0.3, -0.25) is 4.79 Å². The van der Waals surface area contributed by atoms with Crippen molar-refractivity contribution in [2.24, 2.45) is 0 Å². The van der Waals surface area contributed by atoms with Crippen molar-refractivity contribution in [3.05, 3.63) is 23.9 Å². The van der Waals surface area contributed by atoms with Crippen LogP contribution in [0.15, 0.2) is 18.3 Å². The Kier molecular flexibility index (Phi) is 5.99. The van der Waals surface area contributed by atoms with E-state index < -0.39 is 0 Å². The SMILES string of the molecule is CCCNc1ccc(C(=O)NCC2CCCCN2C)cn1. The van der Waals surface area contributed by atoms with Crippen molar-refractivity contribution in [1.29, 1.82) is 0 Å². The summed E-state index contributed by atoms with van der Waals surface area (Å²) in [4.78, 5) is 18.7. The normalized spacial score (nSPS) is 19.2. The van der Waals surface area contributed by atoms with Gasteiger partial charge in [-0.25, -0.2) is 4.98 Å². The quantitative estimate of drug-likeness (QED) is 0.842. The Morgan fingerprint density at radius 2 is 2.29 bits per heavy atom. The molecule has 0 radical (unpaired) electrons. The van der Waals surface area contributed by atoms with Gasteiger partial charge in [0.05, 0.1) is 5.56 Å². The van der Waals surface area contributed by atoms with Crippen molar-refractivity contribution in [3.8, 4) is 0 Å². The molecule has 1 aliphatic heterocycles. The van der Waals surface area contributed by atoms with Crippen LogP contribution in [0.3, 0.4) is 0 Å². The lowest BCUT2D eigenvalue weighted by molar-refractivity contribution is 0.0928. The highest BCUT2D eigenvalue weighted by atomic mass is 16.1. The van der Waals surface area contributed by atoms with Crippen molar-refractivity contribution < 1.29 is 4.79 Å². The average Bonchev–Trinajstić information content (AvgIpc) is 2.52. The molecular formula is C16H26N4O. The number of hydrogen-bond acceptors (Lipinski definition) is 4. The third-order valence-electron chi connectivity index (χ3n) is 4.00. The molecule has 0 aromatic carbocycles. The molecule has 1 unspecified atom stereocenters. The molecule has 0 aliphatic carbocycles. The summed E-state index contributed by atoms with van der Waals surface area (Å²) >= 11 is 0. The van der Waals surface area contributed by atoms with Crippen molar-refractivity contribution in [3.63, 3.8) is 0 Å². The Hall–Kier alpha value is -1.62. The van der Waals surface area contributed by atoms with E-state index in [1.54, 1.807) is 6.20 Å². The van der Waals surface area contributed by atoms with Crippen LogP contribution in [0.25, 0.3) is 0 Å². The summed E-state index contributed by atoms with van der Waals surface area (Å²) in [5.74, 6) is 0.781. The van der Waals surface area contributed by atoms with E-state index in [-0.39, 0.29) is 5.91 Å². The highest BCUT2D eigenvalue weighted by Gasteiger charge is 2.19. The van der Waals surface area contributed by atoms with Crippen LogP contribution in [-0.2, 0) is 0 Å². The lowest BCUT2D eigenvalue weighted by Gasteiger charge is -2.32. The fourth-order valence-corrected chi connectivity index (χ4v) is 2.60. The van der Waals surface area contributed by atoms with E-state index in [1.165, 1.54) is 12.8 Å². The van der Waals surface area contributed by atoms with Crippen LogP contribution >= 0.6 is 0 Å².